The third-order valence-electron chi connectivity index (χ3n) is 6.58. The number of thiophene rings is 1. The van der Waals surface area contributed by atoms with E-state index in [-0.39, 0.29) is 42.7 Å². The molecule has 0 aliphatic carbocycles. The van der Waals surface area contributed by atoms with Crippen LogP contribution in [0.1, 0.15) is 33.7 Å². The topological polar surface area (TPSA) is 84.0 Å². The van der Waals surface area contributed by atoms with E-state index in [4.69, 9.17) is 18.9 Å². The Morgan fingerprint density at radius 2 is 1.67 bits per heavy atom. The van der Waals surface area contributed by atoms with E-state index in [2.05, 4.69) is 24.6 Å². The molecule has 0 saturated heterocycles. The Labute approximate surface area is 250 Å². The number of methoxy groups -OCH3 is 1. The van der Waals surface area contributed by atoms with Crippen LogP contribution in [0.3, 0.4) is 0 Å². The van der Waals surface area contributed by atoms with Gasteiger partial charge in [-0.05, 0) is 42.4 Å². The van der Waals surface area contributed by atoms with Crippen LogP contribution in [0.15, 0.2) is 60.0 Å². The van der Waals surface area contributed by atoms with Gasteiger partial charge in [-0.3, -0.25) is 9.59 Å². The second-order valence-corrected chi connectivity index (χ2v) is 17.5. The zero-order valence-corrected chi connectivity index (χ0v) is 26.2. The molecule has 0 aliphatic rings. The molecule has 0 bridgehead atoms. The summed E-state index contributed by atoms with van der Waals surface area (Å²) in [5.41, 5.74) is 2.05. The van der Waals surface area contributed by atoms with Gasteiger partial charge in [-0.2, -0.15) is 0 Å². The van der Waals surface area contributed by atoms with Gasteiger partial charge in [-0.1, -0.05) is 37.8 Å². The molecule has 10 heteroatoms. The number of hydrogen-bond acceptors (Lipinski definition) is 8. The van der Waals surface area contributed by atoms with Crippen LogP contribution in [0.4, 0.5) is 4.39 Å². The smallest absolute Gasteiger partial charge is 0.181 e. The lowest BCUT2D eigenvalue weighted by Crippen LogP contribution is -2.22. The summed E-state index contributed by atoms with van der Waals surface area (Å²) in [6, 6.07) is 16.1. The van der Waals surface area contributed by atoms with Crippen LogP contribution in [0.5, 0.6) is 11.5 Å². The van der Waals surface area contributed by atoms with Crippen molar-refractivity contribution >= 4 is 41.1 Å². The maximum absolute atomic E-state index is 14.1. The van der Waals surface area contributed by atoms with E-state index in [1.54, 1.807) is 42.5 Å². The Bertz CT molecular complexity index is 1530. The van der Waals surface area contributed by atoms with Gasteiger partial charge in [0.05, 0.1) is 24.1 Å². The first kappa shape index (κ1) is 31.5. The number of halogens is 1. The predicted octanol–water partition coefficient (Wildman–Crippen LogP) is 7.66. The number of pyridine rings is 1. The maximum Gasteiger partial charge on any atom is 0.181 e. The van der Waals surface area contributed by atoms with E-state index in [0.29, 0.717) is 47.3 Å². The second-order valence-electron chi connectivity index (χ2n) is 11.0. The predicted molar refractivity (Wildman–Crippen MR) is 166 cm³/mol. The molecule has 0 aliphatic heterocycles. The molecule has 222 valence electrons. The lowest BCUT2D eigenvalue weighted by Gasteiger charge is -2.15. The summed E-state index contributed by atoms with van der Waals surface area (Å²) in [6.45, 7) is 8.48. The average molecular weight is 610 g/mol. The molecule has 0 radical (unpaired) electrons. The number of fused-ring (bicyclic) bond motifs is 1. The van der Waals surface area contributed by atoms with Crippen molar-refractivity contribution in [2.75, 3.05) is 33.7 Å². The molecule has 2 aromatic heterocycles. The number of nitrogens with zero attached hydrogens (tertiary/aromatic N) is 1. The molecule has 0 spiro atoms. The van der Waals surface area contributed by atoms with Gasteiger partial charge in [0.2, 0.25) is 0 Å². The zero-order chi connectivity index (χ0) is 30.1. The molecule has 7 nitrogen and oxygen atoms in total. The zero-order valence-electron chi connectivity index (χ0n) is 24.4. The third-order valence-corrected chi connectivity index (χ3v) is 9.28. The van der Waals surface area contributed by atoms with Gasteiger partial charge in [0.1, 0.15) is 24.9 Å². The summed E-state index contributed by atoms with van der Waals surface area (Å²) in [7, 11) is 0.387. The van der Waals surface area contributed by atoms with Gasteiger partial charge in [-0.15, -0.1) is 11.3 Å². The molecular weight excluding hydrogens is 574 g/mol. The number of ketones is 2. The molecule has 0 atom stereocenters. The first-order valence-corrected chi connectivity index (χ1v) is 18.4. The van der Waals surface area contributed by atoms with E-state index in [1.165, 1.54) is 24.5 Å². The van der Waals surface area contributed by atoms with E-state index in [0.717, 1.165) is 17.0 Å². The van der Waals surface area contributed by atoms with Crippen molar-refractivity contribution in [3.63, 3.8) is 0 Å². The molecular formula is C32H36FNO6SSi. The summed E-state index contributed by atoms with van der Waals surface area (Å²) in [5, 5.41) is 2.59. The fraction of sp³-hybridized carbons (Fsp3) is 0.344. The molecule has 42 heavy (non-hydrogen) atoms. The van der Waals surface area contributed by atoms with Gasteiger partial charge < -0.3 is 18.9 Å². The summed E-state index contributed by atoms with van der Waals surface area (Å²) in [6.07, 6.45) is 0.0262. The van der Waals surface area contributed by atoms with Crippen LogP contribution in [-0.2, 0) is 9.47 Å². The van der Waals surface area contributed by atoms with Crippen LogP contribution >= 0.6 is 11.3 Å². The molecule has 0 saturated carbocycles. The van der Waals surface area contributed by atoms with Crippen LogP contribution < -0.4 is 9.47 Å². The van der Waals surface area contributed by atoms with Crippen molar-refractivity contribution in [2.45, 2.75) is 38.5 Å². The molecule has 2 heterocycles. The lowest BCUT2D eigenvalue weighted by atomic mass is 10.0. The SMILES string of the molecule is COc1cc(C(=O)CCC(=O)c2cccc(-c3csc4c(F)cccc34)n2)ccc1OCCOCOCC[Si](C)(C)C. The number of rotatable bonds is 16. The first-order chi connectivity index (χ1) is 20.2. The Morgan fingerprint density at radius 1 is 0.905 bits per heavy atom. The Kier molecular flexibility index (Phi) is 11.0. The monoisotopic (exact) mass is 609 g/mol. The second kappa shape index (κ2) is 14.6. The number of ether oxygens (including phenoxy) is 4. The standard InChI is InChI=1S/C32H36FNO6SSi/c1-37-31-19-22(11-14-30(31)40-16-15-38-21-39-17-18-42(2,3)4)28(35)12-13-29(36)27-10-6-9-26(34-27)24-20-41-32-23(24)7-5-8-25(32)33/h5-11,14,19-20H,12-13,15-18,21H2,1-4H3. The fourth-order valence-electron chi connectivity index (χ4n) is 4.19. The van der Waals surface area contributed by atoms with Crippen LogP contribution in [-0.4, -0.2) is 58.3 Å². The van der Waals surface area contributed by atoms with Crippen molar-refractivity contribution in [3.05, 3.63) is 77.1 Å². The van der Waals surface area contributed by atoms with Gasteiger partial charge in [0.15, 0.2) is 23.1 Å². The van der Waals surface area contributed by atoms with Gasteiger partial charge >= 0.3 is 0 Å². The van der Waals surface area contributed by atoms with Crippen molar-refractivity contribution in [3.8, 4) is 22.8 Å². The Hall–Kier alpha value is -3.44. The van der Waals surface area contributed by atoms with Crippen molar-refractivity contribution in [1.82, 2.24) is 4.98 Å². The third kappa shape index (κ3) is 8.54. The summed E-state index contributed by atoms with van der Waals surface area (Å²) in [5.74, 6) is 0.200. The highest BCUT2D eigenvalue weighted by atomic mass is 32.1. The number of aromatic nitrogens is 1. The Morgan fingerprint density at radius 3 is 2.45 bits per heavy atom. The number of Topliss-reactive ketones (excluding diaryl/α,β-unsaturated/α-hetero) is 2. The molecule has 4 rings (SSSR count). The number of hydrogen-bond donors (Lipinski definition) is 0. The van der Waals surface area contributed by atoms with Crippen molar-refractivity contribution in [1.29, 1.82) is 0 Å². The molecule has 0 amide bonds. The molecule has 2 aromatic carbocycles. The molecule has 0 unspecified atom stereocenters. The highest BCUT2D eigenvalue weighted by Gasteiger charge is 2.17. The fourth-order valence-corrected chi connectivity index (χ4v) is 5.91. The quantitative estimate of drug-likeness (QED) is 0.0558. The highest BCUT2D eigenvalue weighted by Crippen LogP contribution is 2.34. The minimum absolute atomic E-state index is 0.00617. The summed E-state index contributed by atoms with van der Waals surface area (Å²) < 4.78 is 36.9. The molecule has 4 aromatic rings. The van der Waals surface area contributed by atoms with Gasteiger partial charge in [0.25, 0.3) is 0 Å². The number of carbonyl (C=O) groups is 2. The van der Waals surface area contributed by atoms with Crippen molar-refractivity contribution < 1.29 is 32.9 Å². The first-order valence-electron chi connectivity index (χ1n) is 13.8. The van der Waals surface area contributed by atoms with E-state index >= 15 is 0 Å². The van der Waals surface area contributed by atoms with Crippen LogP contribution in [0.25, 0.3) is 21.3 Å². The lowest BCUT2D eigenvalue weighted by molar-refractivity contribution is -0.0563. The highest BCUT2D eigenvalue weighted by molar-refractivity contribution is 7.17. The summed E-state index contributed by atoms with van der Waals surface area (Å²) in [4.78, 5) is 30.4. The minimum atomic E-state index is -1.12. The number of benzene rings is 2. The van der Waals surface area contributed by atoms with Crippen molar-refractivity contribution in [2.24, 2.45) is 0 Å². The Balaban J connectivity index is 1.28. The van der Waals surface area contributed by atoms with Gasteiger partial charge in [-0.25, -0.2) is 9.37 Å². The summed E-state index contributed by atoms with van der Waals surface area (Å²) >= 11 is 1.30. The molecule has 0 N–H and O–H groups in total. The normalized spacial score (nSPS) is 11.5. The van der Waals surface area contributed by atoms with E-state index in [1.807, 2.05) is 11.4 Å². The minimum Gasteiger partial charge on any atom is -0.493 e. The van der Waals surface area contributed by atoms with Gasteiger partial charge in [0, 0.05) is 49.4 Å². The number of carbonyl (C=O) groups excluding carboxylic acids is 2. The average Bonchev–Trinajstić information content (AvgIpc) is 3.42. The maximum atomic E-state index is 14.1. The van der Waals surface area contributed by atoms with E-state index < -0.39 is 8.07 Å². The van der Waals surface area contributed by atoms with E-state index in [9.17, 15) is 14.0 Å². The van der Waals surface area contributed by atoms with Crippen LogP contribution in [0, 0.1) is 5.82 Å². The largest absolute Gasteiger partial charge is 0.493 e. The van der Waals surface area contributed by atoms with Crippen LogP contribution in [0.2, 0.25) is 25.7 Å². The molecule has 0 fully saturated rings.